The number of hydrogen-bond acceptors (Lipinski definition) is 0. The van der Waals surface area contributed by atoms with Crippen LogP contribution in [0.4, 0.5) is 0 Å². The molecule has 0 unspecified atom stereocenters. The second-order valence-electron chi connectivity index (χ2n) is 0. The summed E-state index contributed by atoms with van der Waals surface area (Å²) in [6, 6.07) is 0. The third-order valence-corrected chi connectivity index (χ3v) is 0. The van der Waals surface area contributed by atoms with E-state index in [1.165, 1.54) is 0 Å². The van der Waals surface area contributed by atoms with Crippen molar-refractivity contribution < 1.29 is 33.6 Å². The van der Waals surface area contributed by atoms with Gasteiger partial charge in [0, 0.05) is 33.6 Å². The van der Waals surface area contributed by atoms with E-state index in [1.807, 2.05) is 0 Å². The molecule has 1 radical (unpaired) electrons. The van der Waals surface area contributed by atoms with E-state index in [4.69, 9.17) is 0 Å². The van der Waals surface area contributed by atoms with Gasteiger partial charge in [0.2, 0.25) is 0 Å². The normalized spacial score (nSPS) is 0. The molecule has 0 aromatic carbocycles. The topological polar surface area (TPSA) is 0 Å². The largest absolute Gasteiger partial charge is 0 e. The van der Waals surface area contributed by atoms with Crippen LogP contribution in [0.1, 0.15) is 0 Å². The van der Waals surface area contributed by atoms with Crippen molar-refractivity contribution >= 4 is 97.3 Å². The zero-order valence-corrected chi connectivity index (χ0v) is 2.86. The fourth-order valence-corrected chi connectivity index (χ4v) is 0. The van der Waals surface area contributed by atoms with Gasteiger partial charge in [0.25, 0.3) is 0 Å². The quantitative estimate of drug-likeness (QED) is 0.442. The second kappa shape index (κ2) is 24.1. The Bertz CT molecular complexity index is 11.6. The fourth-order valence-electron chi connectivity index (χ4n) is 0. The zero-order valence-electron chi connectivity index (χ0n) is 0.694. The minimum absolute atomic E-state index is 0. The fraction of sp³-hybridized carbons (Fsp3) is 0. The maximum Gasteiger partial charge on any atom is 0 e. The summed E-state index contributed by atoms with van der Waals surface area (Å²) in [5, 5.41) is 0. The molecule has 0 N–H and O–H groups in total. The molecular formula is H4BaLiMnNaNi. The van der Waals surface area contributed by atoms with Crippen molar-refractivity contribution in [2.45, 2.75) is 0 Å². The van der Waals surface area contributed by atoms with Gasteiger partial charge < -0.3 is 0 Å². The predicted octanol–water partition coefficient (Wildman–Crippen LogP) is -2.22. The van der Waals surface area contributed by atoms with Gasteiger partial charge in [-0.2, -0.15) is 0 Å². The number of hydrogen-bond donors (Lipinski definition) is 0. The van der Waals surface area contributed by atoms with Crippen LogP contribution >= 0.6 is 0 Å². The van der Waals surface area contributed by atoms with Crippen molar-refractivity contribution in [3.8, 4) is 0 Å². The van der Waals surface area contributed by atoms with E-state index in [-0.39, 0.29) is 131 Å². The van der Waals surface area contributed by atoms with Crippen molar-refractivity contribution in [2.75, 3.05) is 0 Å². The molecule has 5 heavy (non-hydrogen) atoms. The van der Waals surface area contributed by atoms with Crippen molar-refractivity contribution in [3.05, 3.63) is 0 Å². The summed E-state index contributed by atoms with van der Waals surface area (Å²) in [6.07, 6.45) is 0. The van der Waals surface area contributed by atoms with Crippen LogP contribution in [0, 0.1) is 0 Å². The Balaban J connectivity index is 0. The molecule has 0 heterocycles. The van der Waals surface area contributed by atoms with Gasteiger partial charge in [-0.25, -0.2) is 0 Å². The van der Waals surface area contributed by atoms with Crippen LogP contribution in [0.3, 0.4) is 0 Å². The zero-order chi connectivity index (χ0) is 0. The summed E-state index contributed by atoms with van der Waals surface area (Å²) >= 11 is 0. The monoisotopic (exact) mass is 285 g/mol. The minimum Gasteiger partial charge on any atom is 0 e. The Morgan fingerprint density at radius 3 is 1.00 bits per heavy atom. The summed E-state index contributed by atoms with van der Waals surface area (Å²) < 4.78 is 0. The van der Waals surface area contributed by atoms with Gasteiger partial charge in [-0.3, -0.25) is 0 Å². The maximum absolute atomic E-state index is 0. The Kier molecular flexibility index (Phi) is 170. The Morgan fingerprint density at radius 2 is 1.00 bits per heavy atom. The molecule has 25 valence electrons. The van der Waals surface area contributed by atoms with Crippen molar-refractivity contribution in [1.82, 2.24) is 0 Å². The molecule has 0 bridgehead atoms. The molecule has 5 heteroatoms. The summed E-state index contributed by atoms with van der Waals surface area (Å²) in [7, 11) is 0. The second-order valence-corrected chi connectivity index (χ2v) is 0. The van der Waals surface area contributed by atoms with Gasteiger partial charge in [-0.15, -0.1) is 0 Å². The summed E-state index contributed by atoms with van der Waals surface area (Å²) in [4.78, 5) is 0. The SMILES string of the molecule is [BaH2].[LiH].[Mn].[NaH].[Ni]. The Morgan fingerprint density at radius 1 is 1.00 bits per heavy atom. The van der Waals surface area contributed by atoms with E-state index in [2.05, 4.69) is 0 Å². The molecule has 0 saturated carbocycles. The Labute approximate surface area is 127 Å². The van der Waals surface area contributed by atoms with Crippen molar-refractivity contribution in [2.24, 2.45) is 0 Å². The van der Waals surface area contributed by atoms with E-state index in [0.29, 0.717) is 0 Å². The molecule has 0 fully saturated rings. The molecule has 0 aliphatic carbocycles. The van der Waals surface area contributed by atoms with E-state index < -0.39 is 0 Å². The average molecular weight is 285 g/mol. The van der Waals surface area contributed by atoms with Gasteiger partial charge in [0.1, 0.15) is 0 Å². The number of rotatable bonds is 0. The van der Waals surface area contributed by atoms with E-state index in [0.717, 1.165) is 0 Å². The first-order valence-electron chi connectivity index (χ1n) is 0. The van der Waals surface area contributed by atoms with Crippen LogP contribution in [0.25, 0.3) is 0 Å². The maximum atomic E-state index is 0. The van der Waals surface area contributed by atoms with Crippen molar-refractivity contribution in [1.29, 1.82) is 0 Å². The van der Waals surface area contributed by atoms with E-state index >= 15 is 0 Å². The Hall–Kier alpha value is 4.18. The summed E-state index contributed by atoms with van der Waals surface area (Å²) in [5.74, 6) is 0. The summed E-state index contributed by atoms with van der Waals surface area (Å²) in [5.41, 5.74) is 0. The van der Waals surface area contributed by atoms with Crippen LogP contribution in [0.15, 0.2) is 0 Å². The third kappa shape index (κ3) is 17.9. The van der Waals surface area contributed by atoms with Crippen LogP contribution in [0.2, 0.25) is 0 Å². The minimum atomic E-state index is 0. The van der Waals surface area contributed by atoms with E-state index in [1.54, 1.807) is 0 Å². The molecule has 0 aromatic rings. The van der Waals surface area contributed by atoms with Gasteiger partial charge in [-0.05, 0) is 0 Å². The van der Waals surface area contributed by atoms with Crippen molar-refractivity contribution in [3.63, 3.8) is 0 Å². The van der Waals surface area contributed by atoms with Crippen LogP contribution in [-0.2, 0) is 33.6 Å². The van der Waals surface area contributed by atoms with Crippen LogP contribution < -0.4 is 0 Å². The third-order valence-electron chi connectivity index (χ3n) is 0. The molecule has 0 nitrogen and oxygen atoms in total. The smallest absolute Gasteiger partial charge is 0 e. The van der Waals surface area contributed by atoms with Gasteiger partial charge >= 0.3 is 97.3 Å². The molecule has 0 aliphatic heterocycles. The first-order chi connectivity index (χ1) is 0. The molecule has 0 atom stereocenters. The van der Waals surface area contributed by atoms with E-state index in [9.17, 15) is 0 Å². The molecule has 0 amide bonds. The van der Waals surface area contributed by atoms with Crippen LogP contribution in [-0.4, -0.2) is 97.3 Å². The molecule has 0 spiro atoms. The first kappa shape index (κ1) is 35.1. The van der Waals surface area contributed by atoms with Gasteiger partial charge in [0.15, 0.2) is 0 Å². The molecule has 0 aromatic heterocycles. The standard InChI is InChI=1S/Ba.Li.Mn.Na.Ni.4H. The van der Waals surface area contributed by atoms with Gasteiger partial charge in [0.05, 0.1) is 0 Å². The van der Waals surface area contributed by atoms with Gasteiger partial charge in [-0.1, -0.05) is 0 Å². The van der Waals surface area contributed by atoms with Crippen LogP contribution in [0.5, 0.6) is 0 Å². The molecule has 0 saturated heterocycles. The average Bonchev–Trinajstić information content (AvgIpc) is 0. The molecular weight excluding hydrogens is 281 g/mol. The first-order valence-corrected chi connectivity index (χ1v) is 0. The molecule has 0 rings (SSSR count). The predicted molar refractivity (Wildman–Crippen MR) is 22.8 cm³/mol. The molecule has 0 aliphatic rings. The summed E-state index contributed by atoms with van der Waals surface area (Å²) in [6.45, 7) is 0.